The second-order valence-electron chi connectivity index (χ2n) is 23.2. The zero-order valence-electron chi connectivity index (χ0n) is 44.0. The van der Waals surface area contributed by atoms with Crippen molar-refractivity contribution >= 4 is 63.4 Å². The molecule has 0 radical (unpaired) electrons. The number of hydrogen-bond donors (Lipinski definition) is 0. The molecule has 0 unspecified atom stereocenters. The first-order valence-electron chi connectivity index (χ1n) is 24.7. The van der Waals surface area contributed by atoms with E-state index < -0.39 is 51.6 Å². The van der Waals surface area contributed by atoms with Gasteiger partial charge < -0.3 is 18.3 Å². The molecular formula is C56H82N2O6S2Si2. The van der Waals surface area contributed by atoms with Crippen molar-refractivity contribution in [3.05, 3.63) is 117 Å². The van der Waals surface area contributed by atoms with Crippen LogP contribution in [0.2, 0.25) is 36.3 Å². The van der Waals surface area contributed by atoms with Crippen molar-refractivity contribution in [3.63, 3.8) is 0 Å². The monoisotopic (exact) mass is 999 g/mol. The number of allylic oxidation sites excluding steroid dienone is 10. The second-order valence-corrected chi connectivity index (χ2v) is 34.5. The van der Waals surface area contributed by atoms with Crippen LogP contribution in [0.15, 0.2) is 95.8 Å². The fraction of sp³-hybridized carbons (Fsp3) is 0.571. The van der Waals surface area contributed by atoms with E-state index in [1.165, 1.54) is 22.7 Å². The lowest BCUT2D eigenvalue weighted by molar-refractivity contribution is -0.0424. The molecule has 2 aromatic heterocycles. The van der Waals surface area contributed by atoms with E-state index in [-0.39, 0.29) is 22.3 Å². The van der Waals surface area contributed by atoms with Crippen LogP contribution in [0.3, 0.4) is 0 Å². The number of ether oxygens (including phenoxy) is 2. The third-order valence-corrected chi connectivity index (χ3v) is 25.5. The van der Waals surface area contributed by atoms with Gasteiger partial charge in [-0.2, -0.15) is 0 Å². The Bertz CT molecular complexity index is 2120. The Hall–Kier alpha value is -3.53. The Morgan fingerprint density at radius 2 is 0.941 bits per heavy atom. The molecular weight excluding hydrogens is 917 g/mol. The average Bonchev–Trinajstić information content (AvgIpc) is 4.03. The van der Waals surface area contributed by atoms with Gasteiger partial charge in [0.25, 0.3) is 0 Å². The maximum atomic E-state index is 13.9. The normalized spacial score (nSPS) is 27.8. The Labute approximate surface area is 420 Å². The highest BCUT2D eigenvalue weighted by atomic mass is 32.1. The summed E-state index contributed by atoms with van der Waals surface area (Å²) >= 11 is 2.86. The molecule has 2 saturated carbocycles. The third kappa shape index (κ3) is 14.8. The van der Waals surface area contributed by atoms with Gasteiger partial charge in [0.2, 0.25) is 0 Å². The van der Waals surface area contributed by atoms with E-state index in [1.807, 2.05) is 50.3 Å². The lowest BCUT2D eigenvalue weighted by Gasteiger charge is -2.45. The average molecular weight is 1000 g/mol. The van der Waals surface area contributed by atoms with Crippen molar-refractivity contribution < 1.29 is 27.9 Å². The van der Waals surface area contributed by atoms with Crippen LogP contribution in [0.25, 0.3) is 12.2 Å². The molecule has 1 aliphatic heterocycles. The number of fused-ring (bicyclic) bond motifs is 6. The molecule has 3 heterocycles. The van der Waals surface area contributed by atoms with E-state index >= 15 is 0 Å². The summed E-state index contributed by atoms with van der Waals surface area (Å²) in [5, 5.41) is 5.09. The van der Waals surface area contributed by atoms with Crippen LogP contribution >= 0.6 is 22.7 Å². The highest BCUT2D eigenvalue weighted by Gasteiger charge is 2.47. The van der Waals surface area contributed by atoms with Gasteiger partial charge in [-0.1, -0.05) is 154 Å². The van der Waals surface area contributed by atoms with E-state index in [9.17, 15) is 9.59 Å². The molecule has 2 aliphatic carbocycles. The largest absolute Gasteiger partial charge is 0.457 e. The van der Waals surface area contributed by atoms with Gasteiger partial charge in [0, 0.05) is 34.4 Å². The molecule has 2 aromatic rings. The van der Waals surface area contributed by atoms with Gasteiger partial charge in [0.15, 0.2) is 28.0 Å². The van der Waals surface area contributed by atoms with E-state index in [2.05, 4.69) is 166 Å². The van der Waals surface area contributed by atoms with E-state index in [1.54, 1.807) is 10.8 Å². The molecule has 2 fully saturated rings. The van der Waals surface area contributed by atoms with Gasteiger partial charge in [0.05, 0.1) is 12.2 Å². The number of esters is 2. The smallest absolute Gasteiger partial charge is 0.358 e. The Morgan fingerprint density at radius 3 is 1.28 bits per heavy atom. The molecule has 4 bridgehead atoms. The van der Waals surface area contributed by atoms with Gasteiger partial charge in [-0.25, -0.2) is 19.6 Å². The summed E-state index contributed by atoms with van der Waals surface area (Å²) in [6.07, 6.45) is 35.4. The predicted octanol–water partition coefficient (Wildman–Crippen LogP) is 15.7. The predicted molar refractivity (Wildman–Crippen MR) is 291 cm³/mol. The van der Waals surface area contributed by atoms with E-state index in [0.29, 0.717) is 47.9 Å². The molecule has 8 atom stereocenters. The number of hydrogen-bond acceptors (Lipinski definition) is 10. The number of carbonyl (C=O) groups excluding carboxylic acids is 2. The second kappa shape index (κ2) is 22.7. The quantitative estimate of drug-likeness (QED) is 0.132. The van der Waals surface area contributed by atoms with E-state index in [0.717, 1.165) is 22.9 Å². The van der Waals surface area contributed by atoms with Crippen LogP contribution in [0.5, 0.6) is 0 Å². The van der Waals surface area contributed by atoms with Crippen LogP contribution < -0.4 is 0 Å². The van der Waals surface area contributed by atoms with Crippen LogP contribution in [0, 0.1) is 34.5 Å². The van der Waals surface area contributed by atoms with E-state index in [4.69, 9.17) is 18.3 Å². The van der Waals surface area contributed by atoms with Crippen molar-refractivity contribution in [2.24, 2.45) is 34.5 Å². The van der Waals surface area contributed by atoms with Crippen molar-refractivity contribution in [3.8, 4) is 0 Å². The summed E-state index contributed by atoms with van der Waals surface area (Å²) in [5.74, 6) is 0.773. The first-order chi connectivity index (χ1) is 31.7. The van der Waals surface area contributed by atoms with Crippen LogP contribution in [-0.4, -0.2) is 63.0 Å². The van der Waals surface area contributed by atoms with Gasteiger partial charge in [-0.15, -0.1) is 22.7 Å². The number of rotatable bonds is 10. The zero-order chi connectivity index (χ0) is 50.3. The molecule has 8 nitrogen and oxygen atoms in total. The van der Waals surface area contributed by atoms with Crippen LogP contribution in [-0.2, 0) is 18.3 Å². The first-order valence-corrected chi connectivity index (χ1v) is 32.2. The number of thiazole rings is 2. The minimum absolute atomic E-state index is 0.0132. The molecule has 0 amide bonds. The minimum atomic E-state index is -2.18. The van der Waals surface area contributed by atoms with Gasteiger partial charge in [-0.3, -0.25) is 0 Å². The molecule has 0 aromatic carbocycles. The summed E-state index contributed by atoms with van der Waals surface area (Å²) < 4.78 is 27.0. The summed E-state index contributed by atoms with van der Waals surface area (Å²) in [6.45, 7) is 35.2. The fourth-order valence-corrected chi connectivity index (χ4v) is 11.8. The fourth-order valence-electron chi connectivity index (χ4n) is 7.69. The molecule has 0 N–H and O–H groups in total. The summed E-state index contributed by atoms with van der Waals surface area (Å²) in [5.41, 5.74) is -0.470. The third-order valence-electron chi connectivity index (χ3n) is 14.9. The summed E-state index contributed by atoms with van der Waals surface area (Å²) in [7, 11) is -4.37. The Balaban J connectivity index is 1.41. The van der Waals surface area contributed by atoms with Crippen molar-refractivity contribution in [1.29, 1.82) is 0 Å². The van der Waals surface area contributed by atoms with Crippen LogP contribution in [0.4, 0.5) is 0 Å². The molecule has 372 valence electrons. The van der Waals surface area contributed by atoms with Gasteiger partial charge >= 0.3 is 11.9 Å². The van der Waals surface area contributed by atoms with Crippen LogP contribution in [0.1, 0.15) is 140 Å². The molecule has 5 rings (SSSR count). The maximum absolute atomic E-state index is 13.9. The first kappa shape index (κ1) is 55.4. The highest BCUT2D eigenvalue weighted by Crippen LogP contribution is 2.46. The Morgan fingerprint density at radius 1 is 0.588 bits per heavy atom. The lowest BCUT2D eigenvalue weighted by atomic mass is 9.79. The molecule has 0 saturated heterocycles. The maximum Gasteiger partial charge on any atom is 0.358 e. The topological polar surface area (TPSA) is 96.8 Å². The van der Waals surface area contributed by atoms with Crippen molar-refractivity contribution in [2.45, 2.75) is 169 Å². The molecule has 68 heavy (non-hydrogen) atoms. The Kier molecular flexibility index (Phi) is 18.5. The minimum Gasteiger partial charge on any atom is -0.457 e. The zero-order valence-corrected chi connectivity index (χ0v) is 47.6. The number of cyclic esters (lactones) is 2. The lowest BCUT2D eigenvalue weighted by Crippen LogP contribution is -2.51. The number of aromatic nitrogens is 2. The molecule has 0 spiro atoms. The van der Waals surface area contributed by atoms with Gasteiger partial charge in [0.1, 0.15) is 22.2 Å². The number of carbonyl (C=O) groups is 2. The van der Waals surface area contributed by atoms with Crippen molar-refractivity contribution in [1.82, 2.24) is 9.97 Å². The van der Waals surface area contributed by atoms with Crippen molar-refractivity contribution in [2.75, 3.05) is 0 Å². The number of nitrogens with zero attached hydrogens (tertiary/aromatic N) is 2. The highest BCUT2D eigenvalue weighted by molar-refractivity contribution is 7.11. The summed E-state index contributed by atoms with van der Waals surface area (Å²) in [6, 6.07) is 0. The standard InChI is InChI=1S/C56H82N2O6S2Si2/c1-17-25-47(63-67(13,14)53(3,4)5)55(9,10)45-31-23-29-41-35-39(41)27-19-22-34-50-58-44(38-66-50)52(60)62-46(56(11,12)48(26-18-2)64-68(15,16)54(6,7)8)32-24-30-42-36-40(42)28-20-21-33-49-57-43(37-65-49)51(59)61-45/h17-30,33-34,37-42,45-48H,31-32,35-36H2,1-16H3/b25-17+,26-18+,27-19+,28-20+,29-23-,30-24-,33-21-,34-22-/t39-,40-,41+,42+,45+,46+,47+,48+/m1/s1. The van der Waals surface area contributed by atoms with Gasteiger partial charge in [-0.05, 0) is 98.8 Å². The molecule has 3 aliphatic rings. The SMILES string of the molecule is C/C=C/[C@H](O[Si](C)(C)C(C)(C)C)C(C)(C)[C@@H]1C/C=C\[C@H]2C[C@H]2/C=C/C=C\c2nc(cs2)C(=O)O[C@H](C(C)(C)[C@H](/C=C/C)O[Si](C)(C)C(C)(C)C)C/C=C\[C@H]2C[C@H]2/C=C/C=C\c2nc(cs2)C(=O)O1. The summed E-state index contributed by atoms with van der Waals surface area (Å²) in [4.78, 5) is 37.2. The molecule has 12 heteroatoms.